The molecule has 114 valence electrons. The average molecular weight is 380 g/mol. The van der Waals surface area contributed by atoms with Crippen LogP contribution in [0.2, 0.25) is 0 Å². The van der Waals surface area contributed by atoms with E-state index in [2.05, 4.69) is 26.2 Å². The number of thioether (sulfide) groups is 1. The molecule has 0 fully saturated rings. The number of hydrogen-bond acceptors (Lipinski definition) is 4. The smallest absolute Gasteiger partial charge is 0.257 e. The predicted molar refractivity (Wildman–Crippen MR) is 90.4 cm³/mol. The van der Waals surface area contributed by atoms with E-state index >= 15 is 0 Å². The molecule has 1 aliphatic rings. The Morgan fingerprint density at radius 3 is 3.14 bits per heavy atom. The molecule has 0 saturated heterocycles. The van der Waals surface area contributed by atoms with Crippen LogP contribution in [0.1, 0.15) is 18.0 Å². The maximum absolute atomic E-state index is 12.2. The molecule has 1 aliphatic heterocycles. The van der Waals surface area contributed by atoms with Crippen molar-refractivity contribution in [2.24, 2.45) is 0 Å². The second kappa shape index (κ2) is 6.26. The zero-order valence-electron chi connectivity index (χ0n) is 11.9. The summed E-state index contributed by atoms with van der Waals surface area (Å²) in [5.74, 6) is 0.586. The van der Waals surface area contributed by atoms with Gasteiger partial charge >= 0.3 is 0 Å². The van der Waals surface area contributed by atoms with Gasteiger partial charge in [-0.3, -0.25) is 14.2 Å². The van der Waals surface area contributed by atoms with Crippen molar-refractivity contribution in [3.05, 3.63) is 50.9 Å². The highest BCUT2D eigenvalue weighted by molar-refractivity contribution is 9.10. The van der Waals surface area contributed by atoms with Crippen LogP contribution in [0.25, 0.3) is 0 Å². The Bertz CT molecular complexity index is 791. The van der Waals surface area contributed by atoms with E-state index in [4.69, 9.17) is 0 Å². The molecule has 1 unspecified atom stereocenters. The zero-order valence-corrected chi connectivity index (χ0v) is 14.3. The maximum Gasteiger partial charge on any atom is 0.257 e. The summed E-state index contributed by atoms with van der Waals surface area (Å²) in [7, 11) is 0. The summed E-state index contributed by atoms with van der Waals surface area (Å²) in [6.07, 6.45) is 1.85. The summed E-state index contributed by atoms with van der Waals surface area (Å²) in [4.78, 5) is 28.7. The van der Waals surface area contributed by atoms with Crippen LogP contribution in [0.5, 0.6) is 0 Å². The number of benzene rings is 1. The molecular weight excluding hydrogens is 366 g/mol. The number of hydrogen-bond donors (Lipinski definition) is 1. The lowest BCUT2D eigenvalue weighted by Crippen LogP contribution is -2.28. The van der Waals surface area contributed by atoms with E-state index < -0.39 is 0 Å². The normalized spacial score (nSPS) is 16.4. The van der Waals surface area contributed by atoms with Gasteiger partial charge in [-0.1, -0.05) is 33.8 Å². The summed E-state index contributed by atoms with van der Waals surface area (Å²) in [5, 5.41) is 3.55. The van der Waals surface area contributed by atoms with E-state index in [0.29, 0.717) is 16.5 Å². The number of nitrogens with one attached hydrogen (secondary N) is 1. The summed E-state index contributed by atoms with van der Waals surface area (Å²) >= 11 is 4.88. The second-order valence-electron chi connectivity index (χ2n) is 5.13. The molecule has 2 heterocycles. The average Bonchev–Trinajstić information content (AvgIpc) is 2.86. The first kappa shape index (κ1) is 15.3. The third-order valence-corrected chi connectivity index (χ3v) is 5.04. The summed E-state index contributed by atoms with van der Waals surface area (Å²) in [6, 6.07) is 7.28. The number of rotatable bonds is 3. The van der Waals surface area contributed by atoms with Crippen LogP contribution in [0.3, 0.4) is 0 Å². The van der Waals surface area contributed by atoms with Gasteiger partial charge in [0.05, 0.1) is 6.04 Å². The van der Waals surface area contributed by atoms with E-state index in [0.717, 1.165) is 10.2 Å². The Balaban J connectivity index is 1.75. The molecule has 1 N–H and O–H groups in total. The molecule has 1 aromatic heterocycles. The van der Waals surface area contributed by atoms with Crippen molar-refractivity contribution in [3.8, 4) is 0 Å². The molecule has 0 bridgehead atoms. The SMILES string of the molecule is Cc1cnc2n(c1=O)C(CC(=O)Nc1cccc(Br)c1)CS2. The number of aromatic nitrogens is 2. The van der Waals surface area contributed by atoms with Gasteiger partial charge < -0.3 is 5.32 Å². The van der Waals surface area contributed by atoms with Gasteiger partial charge in [0.2, 0.25) is 5.91 Å². The number of nitrogens with zero attached hydrogens (tertiary/aromatic N) is 2. The largest absolute Gasteiger partial charge is 0.326 e. The van der Waals surface area contributed by atoms with E-state index in [9.17, 15) is 9.59 Å². The van der Waals surface area contributed by atoms with E-state index in [1.54, 1.807) is 17.7 Å². The van der Waals surface area contributed by atoms with Crippen molar-refractivity contribution in [1.29, 1.82) is 0 Å². The van der Waals surface area contributed by atoms with Crippen LogP contribution in [-0.2, 0) is 4.79 Å². The fraction of sp³-hybridized carbons (Fsp3) is 0.267. The molecule has 1 aromatic carbocycles. The molecule has 1 atom stereocenters. The van der Waals surface area contributed by atoms with Gasteiger partial charge in [0, 0.05) is 34.1 Å². The van der Waals surface area contributed by atoms with Crippen LogP contribution >= 0.6 is 27.7 Å². The van der Waals surface area contributed by atoms with Gasteiger partial charge in [-0.25, -0.2) is 4.98 Å². The van der Waals surface area contributed by atoms with Crippen molar-refractivity contribution >= 4 is 39.3 Å². The topological polar surface area (TPSA) is 64.0 Å². The van der Waals surface area contributed by atoms with Gasteiger partial charge in [0.1, 0.15) is 0 Å². The highest BCUT2D eigenvalue weighted by atomic mass is 79.9. The fourth-order valence-electron chi connectivity index (χ4n) is 2.36. The molecule has 0 radical (unpaired) electrons. The third kappa shape index (κ3) is 3.10. The summed E-state index contributed by atoms with van der Waals surface area (Å²) < 4.78 is 2.55. The van der Waals surface area contributed by atoms with Gasteiger partial charge in [-0.05, 0) is 25.1 Å². The molecule has 0 spiro atoms. The molecule has 0 saturated carbocycles. The first-order chi connectivity index (χ1) is 10.5. The number of anilines is 1. The summed E-state index contributed by atoms with van der Waals surface area (Å²) in [5.41, 5.74) is 1.28. The molecule has 2 aromatic rings. The monoisotopic (exact) mass is 379 g/mol. The molecular formula is C15H14BrN3O2S. The Morgan fingerprint density at radius 2 is 2.36 bits per heavy atom. The van der Waals surface area contributed by atoms with Crippen molar-refractivity contribution in [2.45, 2.75) is 24.5 Å². The quantitative estimate of drug-likeness (QED) is 0.832. The summed E-state index contributed by atoms with van der Waals surface area (Å²) in [6.45, 7) is 1.74. The van der Waals surface area contributed by atoms with Crippen molar-refractivity contribution in [1.82, 2.24) is 9.55 Å². The maximum atomic E-state index is 12.2. The van der Waals surface area contributed by atoms with E-state index in [-0.39, 0.29) is 23.9 Å². The van der Waals surface area contributed by atoms with Crippen LogP contribution in [0.15, 0.2) is 44.9 Å². The van der Waals surface area contributed by atoms with Crippen LogP contribution in [0.4, 0.5) is 5.69 Å². The highest BCUT2D eigenvalue weighted by Gasteiger charge is 2.27. The van der Waals surface area contributed by atoms with Crippen LogP contribution in [0, 0.1) is 6.92 Å². The lowest BCUT2D eigenvalue weighted by molar-refractivity contribution is -0.116. The molecule has 7 heteroatoms. The predicted octanol–water partition coefficient (Wildman–Crippen LogP) is 2.99. The van der Waals surface area contributed by atoms with Crippen molar-refractivity contribution in [2.75, 3.05) is 11.1 Å². The fourth-order valence-corrected chi connectivity index (χ4v) is 3.87. The Kier molecular flexibility index (Phi) is 4.35. The van der Waals surface area contributed by atoms with Crippen LogP contribution < -0.4 is 10.9 Å². The van der Waals surface area contributed by atoms with Crippen molar-refractivity contribution < 1.29 is 4.79 Å². The van der Waals surface area contributed by atoms with Crippen LogP contribution in [-0.4, -0.2) is 21.2 Å². The van der Waals surface area contributed by atoms with E-state index in [1.165, 1.54) is 11.8 Å². The molecule has 22 heavy (non-hydrogen) atoms. The third-order valence-electron chi connectivity index (χ3n) is 3.43. The minimum atomic E-state index is -0.146. The lowest BCUT2D eigenvalue weighted by atomic mass is 10.2. The second-order valence-corrected chi connectivity index (χ2v) is 7.03. The standard InChI is InChI=1S/C15H14BrN3O2S/c1-9-7-17-15-19(14(9)21)12(8-22-15)6-13(20)18-11-4-2-3-10(16)5-11/h2-5,7,12H,6,8H2,1H3,(H,18,20). The molecule has 3 rings (SSSR count). The number of halogens is 1. The van der Waals surface area contributed by atoms with Crippen molar-refractivity contribution in [3.63, 3.8) is 0 Å². The van der Waals surface area contributed by atoms with Gasteiger partial charge in [0.15, 0.2) is 5.16 Å². The Labute approximate surface area is 140 Å². The Hall–Kier alpha value is -1.60. The number of carbonyl (C=O) groups is 1. The first-order valence-electron chi connectivity index (χ1n) is 6.81. The number of amides is 1. The van der Waals surface area contributed by atoms with Gasteiger partial charge in [-0.15, -0.1) is 0 Å². The Morgan fingerprint density at radius 1 is 1.55 bits per heavy atom. The lowest BCUT2D eigenvalue weighted by Gasteiger charge is -2.13. The van der Waals surface area contributed by atoms with Gasteiger partial charge in [-0.2, -0.15) is 0 Å². The number of aryl methyl sites for hydroxylation is 1. The minimum absolute atomic E-state index is 0.0599. The van der Waals surface area contributed by atoms with E-state index in [1.807, 2.05) is 24.3 Å². The molecule has 0 aliphatic carbocycles. The number of carbonyl (C=O) groups excluding carboxylic acids is 1. The van der Waals surface area contributed by atoms with Gasteiger partial charge in [0.25, 0.3) is 5.56 Å². The molecule has 5 nitrogen and oxygen atoms in total. The highest BCUT2D eigenvalue weighted by Crippen LogP contribution is 2.32. The number of fused-ring (bicyclic) bond motifs is 1. The minimum Gasteiger partial charge on any atom is -0.326 e. The molecule has 1 amide bonds. The zero-order chi connectivity index (χ0) is 15.7. The first-order valence-corrected chi connectivity index (χ1v) is 8.59.